The quantitative estimate of drug-likeness (QED) is 0.487. The van der Waals surface area contributed by atoms with Crippen molar-refractivity contribution in [3.63, 3.8) is 0 Å². The number of nitrogens with zero attached hydrogens (tertiary/aromatic N) is 1. The molecule has 0 saturated heterocycles. The SMILES string of the molecule is CCOc1ccc(C(C)NC(=O)CCCN(c2cccc(C)c2C)S(C)(=O)=O)cc1OCC. The summed E-state index contributed by atoms with van der Waals surface area (Å²) in [4.78, 5) is 12.6. The Kier molecular flexibility index (Phi) is 9.58. The molecule has 182 valence electrons. The number of sulfonamides is 1. The fourth-order valence-corrected chi connectivity index (χ4v) is 4.60. The van der Waals surface area contributed by atoms with Crippen LogP contribution in [-0.2, 0) is 14.8 Å². The van der Waals surface area contributed by atoms with Gasteiger partial charge in [0.1, 0.15) is 0 Å². The zero-order chi connectivity index (χ0) is 24.6. The number of hydrogen-bond acceptors (Lipinski definition) is 5. The van der Waals surface area contributed by atoms with E-state index in [-0.39, 0.29) is 24.9 Å². The van der Waals surface area contributed by atoms with Gasteiger partial charge in [0.15, 0.2) is 11.5 Å². The van der Waals surface area contributed by atoms with Crippen LogP contribution < -0.4 is 19.1 Å². The summed E-state index contributed by atoms with van der Waals surface area (Å²) in [6.07, 6.45) is 1.82. The minimum Gasteiger partial charge on any atom is -0.490 e. The van der Waals surface area contributed by atoms with Gasteiger partial charge in [-0.15, -0.1) is 0 Å². The topological polar surface area (TPSA) is 84.9 Å². The molecule has 33 heavy (non-hydrogen) atoms. The number of ether oxygens (including phenoxy) is 2. The molecule has 1 N–H and O–H groups in total. The Bertz CT molecular complexity index is 1050. The van der Waals surface area contributed by atoms with E-state index in [0.717, 1.165) is 16.7 Å². The first-order valence-corrected chi connectivity index (χ1v) is 13.2. The van der Waals surface area contributed by atoms with Gasteiger partial charge in [0.2, 0.25) is 15.9 Å². The van der Waals surface area contributed by atoms with Gasteiger partial charge in [-0.2, -0.15) is 0 Å². The number of carbonyl (C=O) groups is 1. The van der Waals surface area contributed by atoms with Crippen LogP contribution in [0.4, 0.5) is 5.69 Å². The molecule has 1 atom stereocenters. The minimum absolute atomic E-state index is 0.135. The maximum atomic E-state index is 12.6. The number of carbonyl (C=O) groups excluding carboxylic acids is 1. The highest BCUT2D eigenvalue weighted by Gasteiger charge is 2.20. The highest BCUT2D eigenvalue weighted by molar-refractivity contribution is 7.92. The number of benzene rings is 2. The summed E-state index contributed by atoms with van der Waals surface area (Å²) >= 11 is 0. The maximum Gasteiger partial charge on any atom is 0.232 e. The number of amides is 1. The molecule has 0 saturated carbocycles. The zero-order valence-electron chi connectivity index (χ0n) is 20.5. The molecule has 2 aromatic carbocycles. The first-order chi connectivity index (χ1) is 15.6. The molecule has 1 amide bonds. The van der Waals surface area contributed by atoms with Crippen LogP contribution in [0, 0.1) is 13.8 Å². The molecule has 0 fully saturated rings. The van der Waals surface area contributed by atoms with Crippen molar-refractivity contribution in [2.75, 3.05) is 30.3 Å². The first kappa shape index (κ1) is 26.5. The summed E-state index contributed by atoms with van der Waals surface area (Å²) in [6, 6.07) is 11.0. The average Bonchev–Trinajstić information content (AvgIpc) is 2.74. The Morgan fingerprint density at radius 3 is 2.36 bits per heavy atom. The monoisotopic (exact) mass is 476 g/mol. The van der Waals surface area contributed by atoms with Gasteiger partial charge in [-0.1, -0.05) is 18.2 Å². The molecule has 1 unspecified atom stereocenters. The van der Waals surface area contributed by atoms with Gasteiger partial charge >= 0.3 is 0 Å². The smallest absolute Gasteiger partial charge is 0.232 e. The molecule has 2 aromatic rings. The van der Waals surface area contributed by atoms with Gasteiger partial charge in [0.05, 0.1) is 31.2 Å². The first-order valence-electron chi connectivity index (χ1n) is 11.3. The van der Waals surface area contributed by atoms with Crippen molar-refractivity contribution in [3.8, 4) is 11.5 Å². The minimum atomic E-state index is -3.46. The van der Waals surface area contributed by atoms with Crippen molar-refractivity contribution in [2.45, 2.75) is 53.5 Å². The number of nitrogens with one attached hydrogen (secondary N) is 1. The lowest BCUT2D eigenvalue weighted by atomic mass is 10.1. The molecule has 0 aliphatic rings. The lowest BCUT2D eigenvalue weighted by molar-refractivity contribution is -0.121. The van der Waals surface area contributed by atoms with Crippen molar-refractivity contribution in [1.29, 1.82) is 0 Å². The van der Waals surface area contributed by atoms with Crippen molar-refractivity contribution < 1.29 is 22.7 Å². The molecule has 0 bridgehead atoms. The molecular weight excluding hydrogens is 440 g/mol. The normalized spacial score (nSPS) is 12.2. The Balaban J connectivity index is 2.01. The van der Waals surface area contributed by atoms with E-state index in [1.165, 1.54) is 10.6 Å². The van der Waals surface area contributed by atoms with Gasteiger partial charge in [-0.3, -0.25) is 9.10 Å². The van der Waals surface area contributed by atoms with Gasteiger partial charge in [0.25, 0.3) is 0 Å². The zero-order valence-corrected chi connectivity index (χ0v) is 21.3. The molecular formula is C25H36N2O5S. The van der Waals surface area contributed by atoms with Crippen molar-refractivity contribution in [1.82, 2.24) is 5.32 Å². The Morgan fingerprint density at radius 2 is 1.73 bits per heavy atom. The van der Waals surface area contributed by atoms with E-state index in [9.17, 15) is 13.2 Å². The van der Waals surface area contributed by atoms with Crippen LogP contribution in [0.5, 0.6) is 11.5 Å². The number of rotatable bonds is 12. The van der Waals surface area contributed by atoms with Crippen molar-refractivity contribution in [2.24, 2.45) is 0 Å². The highest BCUT2D eigenvalue weighted by atomic mass is 32.2. The summed E-state index contributed by atoms with van der Waals surface area (Å²) in [5, 5.41) is 2.99. The van der Waals surface area contributed by atoms with Crippen LogP contribution in [-0.4, -0.2) is 40.3 Å². The Labute approximate surface area is 198 Å². The number of aryl methyl sites for hydroxylation is 1. The molecule has 8 heteroatoms. The predicted molar refractivity (Wildman–Crippen MR) is 133 cm³/mol. The number of anilines is 1. The van der Waals surface area contributed by atoms with E-state index >= 15 is 0 Å². The Hall–Kier alpha value is -2.74. The van der Waals surface area contributed by atoms with Crippen molar-refractivity contribution >= 4 is 21.6 Å². The van der Waals surface area contributed by atoms with E-state index in [0.29, 0.717) is 36.8 Å². The van der Waals surface area contributed by atoms with Crippen molar-refractivity contribution in [3.05, 3.63) is 53.1 Å². The average molecular weight is 477 g/mol. The third-order valence-corrected chi connectivity index (χ3v) is 6.63. The second-order valence-electron chi connectivity index (χ2n) is 8.02. The fraction of sp³-hybridized carbons (Fsp3) is 0.480. The summed E-state index contributed by atoms with van der Waals surface area (Å²) in [7, 11) is -3.46. The lowest BCUT2D eigenvalue weighted by Gasteiger charge is -2.25. The summed E-state index contributed by atoms with van der Waals surface area (Å²) in [6.45, 7) is 10.9. The standard InChI is InChI=1S/C25H36N2O5S/c1-7-31-23-15-14-21(17-24(23)32-8-2)20(5)26-25(28)13-10-16-27(33(6,29)30)22-12-9-11-18(3)19(22)4/h9,11-12,14-15,17,20H,7-8,10,13,16H2,1-6H3,(H,26,28). The van der Waals surface area contributed by atoms with Crippen LogP contribution in [0.25, 0.3) is 0 Å². The molecule has 0 heterocycles. The van der Waals surface area contributed by atoms with Crippen LogP contribution in [0.15, 0.2) is 36.4 Å². The fourth-order valence-electron chi connectivity index (χ4n) is 3.59. The molecule has 2 rings (SSSR count). The molecule has 0 aliphatic carbocycles. The van der Waals surface area contributed by atoms with E-state index in [2.05, 4.69) is 5.32 Å². The second kappa shape index (κ2) is 11.9. The molecule has 0 spiro atoms. The van der Waals surface area contributed by atoms with Crippen LogP contribution >= 0.6 is 0 Å². The van der Waals surface area contributed by atoms with Crippen LogP contribution in [0.1, 0.15) is 56.3 Å². The summed E-state index contributed by atoms with van der Waals surface area (Å²) in [5.74, 6) is 1.19. The highest BCUT2D eigenvalue weighted by Crippen LogP contribution is 2.31. The molecule has 7 nitrogen and oxygen atoms in total. The maximum absolute atomic E-state index is 12.6. The largest absolute Gasteiger partial charge is 0.490 e. The number of hydrogen-bond donors (Lipinski definition) is 1. The lowest BCUT2D eigenvalue weighted by Crippen LogP contribution is -2.33. The Morgan fingerprint density at radius 1 is 1.06 bits per heavy atom. The summed E-state index contributed by atoms with van der Waals surface area (Å²) in [5.41, 5.74) is 3.50. The van der Waals surface area contributed by atoms with Gasteiger partial charge in [0, 0.05) is 13.0 Å². The third kappa shape index (κ3) is 7.39. The molecule has 0 radical (unpaired) electrons. The third-order valence-electron chi connectivity index (χ3n) is 5.46. The molecule has 0 aliphatic heterocycles. The van der Waals surface area contributed by atoms with E-state index in [1.54, 1.807) is 6.07 Å². The van der Waals surface area contributed by atoms with Gasteiger partial charge < -0.3 is 14.8 Å². The van der Waals surface area contributed by atoms with Gasteiger partial charge in [-0.05, 0) is 75.9 Å². The van der Waals surface area contributed by atoms with Crippen LogP contribution in [0.3, 0.4) is 0 Å². The summed E-state index contributed by atoms with van der Waals surface area (Å²) < 4.78 is 37.4. The second-order valence-corrected chi connectivity index (χ2v) is 9.93. The van der Waals surface area contributed by atoms with Crippen LogP contribution in [0.2, 0.25) is 0 Å². The van der Waals surface area contributed by atoms with E-state index in [1.807, 2.05) is 65.0 Å². The van der Waals surface area contributed by atoms with Gasteiger partial charge in [-0.25, -0.2) is 8.42 Å². The molecule has 0 aromatic heterocycles. The predicted octanol–water partition coefficient (Wildman–Crippen LogP) is 4.52. The van der Waals surface area contributed by atoms with E-state index < -0.39 is 10.0 Å². The van der Waals surface area contributed by atoms with E-state index in [4.69, 9.17) is 9.47 Å².